The van der Waals surface area contributed by atoms with Crippen molar-refractivity contribution in [3.8, 4) is 5.75 Å². The van der Waals surface area contributed by atoms with Crippen LogP contribution in [0.1, 0.15) is 5.56 Å². The minimum Gasteiger partial charge on any atom is -0.481 e. The van der Waals surface area contributed by atoms with Gasteiger partial charge in [0, 0.05) is 4.47 Å². The topological polar surface area (TPSA) is 55.6 Å². The number of fused-ring (bicyclic) bond motifs is 1. The lowest BCUT2D eigenvalue weighted by Gasteiger charge is -2.30. The summed E-state index contributed by atoms with van der Waals surface area (Å²) in [6.07, 6.45) is 0. The molecule has 3 rings (SSSR count). The van der Waals surface area contributed by atoms with Crippen LogP contribution >= 0.6 is 15.9 Å². The lowest BCUT2D eigenvalue weighted by atomic mass is 10.1. The van der Waals surface area contributed by atoms with Crippen LogP contribution < -0.4 is 15.4 Å². The molecule has 4 nitrogen and oxygen atoms in total. The Morgan fingerprint density at radius 1 is 1.20 bits per heavy atom. The molecule has 0 unspecified atom stereocenters. The highest BCUT2D eigenvalue weighted by Gasteiger charge is 2.27. The zero-order valence-electron chi connectivity index (χ0n) is 10.7. The Morgan fingerprint density at radius 2 is 2.00 bits per heavy atom. The molecule has 2 aromatic rings. The summed E-state index contributed by atoms with van der Waals surface area (Å²) in [6, 6.07) is 13.2. The summed E-state index contributed by atoms with van der Waals surface area (Å²) in [5.74, 6) is 0.558. The van der Waals surface area contributed by atoms with Gasteiger partial charge in [0.25, 0.3) is 5.91 Å². The number of amides is 1. The fraction of sp³-hybridized carbons (Fsp3) is 0.133. The summed E-state index contributed by atoms with van der Waals surface area (Å²) in [4.78, 5) is 13.8. The summed E-state index contributed by atoms with van der Waals surface area (Å²) in [6.45, 7) is 0.506. The van der Waals surface area contributed by atoms with Crippen LogP contribution in [0.15, 0.2) is 46.9 Å². The number of nitrogens with two attached hydrogens (primary N) is 1. The van der Waals surface area contributed by atoms with E-state index in [1.54, 1.807) is 11.0 Å². The first-order valence-corrected chi connectivity index (χ1v) is 7.01. The van der Waals surface area contributed by atoms with Crippen LogP contribution in [0.25, 0.3) is 0 Å². The van der Waals surface area contributed by atoms with E-state index in [-0.39, 0.29) is 12.5 Å². The maximum absolute atomic E-state index is 12.2. The molecular formula is C15H13BrN2O2. The van der Waals surface area contributed by atoms with Gasteiger partial charge in [-0.2, -0.15) is 0 Å². The number of carbonyl (C=O) groups excluding carboxylic acids is 1. The number of ether oxygens (including phenoxy) is 1. The van der Waals surface area contributed by atoms with Crippen molar-refractivity contribution in [2.75, 3.05) is 17.2 Å². The molecule has 1 aliphatic rings. The predicted octanol–water partition coefficient (Wildman–Crippen LogP) is 2.96. The first kappa shape index (κ1) is 13.0. The summed E-state index contributed by atoms with van der Waals surface area (Å²) < 4.78 is 6.40. The van der Waals surface area contributed by atoms with Gasteiger partial charge >= 0.3 is 0 Å². The van der Waals surface area contributed by atoms with Gasteiger partial charge in [-0.25, -0.2) is 0 Å². The maximum Gasteiger partial charge on any atom is 0.265 e. The first-order chi connectivity index (χ1) is 9.66. The van der Waals surface area contributed by atoms with Crippen LogP contribution in [-0.4, -0.2) is 12.5 Å². The van der Waals surface area contributed by atoms with Crippen molar-refractivity contribution in [1.29, 1.82) is 0 Å². The molecule has 102 valence electrons. The summed E-state index contributed by atoms with van der Waals surface area (Å²) >= 11 is 3.50. The van der Waals surface area contributed by atoms with Crippen molar-refractivity contribution in [3.05, 3.63) is 52.5 Å². The second-order valence-electron chi connectivity index (χ2n) is 4.55. The van der Waals surface area contributed by atoms with E-state index < -0.39 is 0 Å². The number of rotatable bonds is 2. The molecule has 0 spiro atoms. The van der Waals surface area contributed by atoms with E-state index in [0.717, 1.165) is 10.0 Å². The normalized spacial score (nSPS) is 13.8. The highest BCUT2D eigenvalue weighted by Crippen LogP contribution is 2.38. The van der Waals surface area contributed by atoms with Crippen LogP contribution in [0.3, 0.4) is 0 Å². The number of hydrogen-bond acceptors (Lipinski definition) is 3. The van der Waals surface area contributed by atoms with E-state index in [0.29, 0.717) is 23.7 Å². The number of nitrogen functional groups attached to an aromatic ring is 1. The van der Waals surface area contributed by atoms with E-state index >= 15 is 0 Å². The van der Waals surface area contributed by atoms with Crippen LogP contribution in [0.5, 0.6) is 5.75 Å². The zero-order valence-corrected chi connectivity index (χ0v) is 12.3. The second-order valence-corrected chi connectivity index (χ2v) is 5.41. The van der Waals surface area contributed by atoms with Gasteiger partial charge in [0.05, 0.1) is 12.2 Å². The van der Waals surface area contributed by atoms with Crippen molar-refractivity contribution >= 4 is 33.2 Å². The van der Waals surface area contributed by atoms with E-state index in [1.165, 1.54) is 0 Å². The molecular weight excluding hydrogens is 320 g/mol. The third kappa shape index (κ3) is 2.25. The standard InChI is InChI=1S/C15H13BrN2O2/c16-11-5-2-1-4-10(11)8-18-14(19)9-20-13-7-3-6-12(17)15(13)18/h1-7H,8-9,17H2. The lowest BCUT2D eigenvalue weighted by Crippen LogP contribution is -2.38. The molecule has 1 amide bonds. The number of benzene rings is 2. The minimum absolute atomic E-state index is 0.0426. The minimum atomic E-state index is -0.0915. The molecule has 0 bridgehead atoms. The van der Waals surface area contributed by atoms with E-state index in [9.17, 15) is 4.79 Å². The van der Waals surface area contributed by atoms with E-state index in [1.807, 2.05) is 36.4 Å². The van der Waals surface area contributed by atoms with Crippen LogP contribution in [0, 0.1) is 0 Å². The van der Waals surface area contributed by atoms with Crippen molar-refractivity contribution in [2.24, 2.45) is 0 Å². The van der Waals surface area contributed by atoms with Gasteiger partial charge in [-0.05, 0) is 23.8 Å². The van der Waals surface area contributed by atoms with Crippen LogP contribution in [0.2, 0.25) is 0 Å². The molecule has 1 heterocycles. The van der Waals surface area contributed by atoms with Crippen molar-refractivity contribution in [2.45, 2.75) is 6.54 Å². The SMILES string of the molecule is Nc1cccc2c1N(Cc1ccccc1Br)C(=O)CO2. The molecule has 0 saturated carbocycles. The van der Waals surface area contributed by atoms with Crippen molar-refractivity contribution in [1.82, 2.24) is 0 Å². The Morgan fingerprint density at radius 3 is 2.80 bits per heavy atom. The Hall–Kier alpha value is -2.01. The van der Waals surface area contributed by atoms with Gasteiger partial charge in [0.15, 0.2) is 6.61 Å². The van der Waals surface area contributed by atoms with Gasteiger partial charge in [0.2, 0.25) is 0 Å². The number of carbonyl (C=O) groups is 1. The van der Waals surface area contributed by atoms with Gasteiger partial charge in [-0.1, -0.05) is 40.2 Å². The number of hydrogen-bond donors (Lipinski definition) is 1. The molecule has 0 saturated heterocycles. The highest BCUT2D eigenvalue weighted by atomic mass is 79.9. The van der Waals surface area contributed by atoms with E-state index in [2.05, 4.69) is 15.9 Å². The molecule has 1 aliphatic heterocycles. The molecule has 2 aromatic carbocycles. The average molecular weight is 333 g/mol. The maximum atomic E-state index is 12.2. The average Bonchev–Trinajstić information content (AvgIpc) is 2.44. The van der Waals surface area contributed by atoms with E-state index in [4.69, 9.17) is 10.5 Å². The smallest absolute Gasteiger partial charge is 0.265 e. The number of nitrogens with zero attached hydrogens (tertiary/aromatic N) is 1. The number of para-hydroxylation sites is 1. The molecule has 0 radical (unpaired) electrons. The monoisotopic (exact) mass is 332 g/mol. The highest BCUT2D eigenvalue weighted by molar-refractivity contribution is 9.10. The molecule has 5 heteroatoms. The van der Waals surface area contributed by atoms with Crippen molar-refractivity contribution < 1.29 is 9.53 Å². The fourth-order valence-electron chi connectivity index (χ4n) is 2.25. The van der Waals surface area contributed by atoms with Gasteiger partial charge in [-0.15, -0.1) is 0 Å². The predicted molar refractivity (Wildman–Crippen MR) is 81.7 cm³/mol. The van der Waals surface area contributed by atoms with Gasteiger partial charge < -0.3 is 10.5 Å². The Kier molecular flexibility index (Phi) is 3.36. The molecule has 0 atom stereocenters. The molecule has 20 heavy (non-hydrogen) atoms. The largest absolute Gasteiger partial charge is 0.481 e. The van der Waals surface area contributed by atoms with Gasteiger partial charge in [0.1, 0.15) is 11.4 Å². The third-order valence-electron chi connectivity index (χ3n) is 3.24. The van der Waals surface area contributed by atoms with Crippen molar-refractivity contribution in [3.63, 3.8) is 0 Å². The van der Waals surface area contributed by atoms with Gasteiger partial charge in [-0.3, -0.25) is 9.69 Å². The molecule has 0 aliphatic carbocycles. The Bertz CT molecular complexity index is 673. The zero-order chi connectivity index (χ0) is 14.1. The number of halogens is 1. The second kappa shape index (κ2) is 5.17. The van der Waals surface area contributed by atoms with Crippen LogP contribution in [0.4, 0.5) is 11.4 Å². The fourth-order valence-corrected chi connectivity index (χ4v) is 2.66. The van der Waals surface area contributed by atoms with Crippen LogP contribution in [-0.2, 0) is 11.3 Å². The Balaban J connectivity index is 2.02. The Labute approximate surface area is 125 Å². The summed E-state index contributed by atoms with van der Waals surface area (Å²) in [5.41, 5.74) is 8.22. The number of anilines is 2. The quantitative estimate of drug-likeness (QED) is 0.860. The molecule has 0 fully saturated rings. The third-order valence-corrected chi connectivity index (χ3v) is 4.01. The summed E-state index contributed by atoms with van der Waals surface area (Å²) in [5, 5.41) is 0. The lowest BCUT2D eigenvalue weighted by molar-refractivity contribution is -0.121. The summed E-state index contributed by atoms with van der Waals surface area (Å²) in [7, 11) is 0. The molecule has 2 N–H and O–H groups in total. The first-order valence-electron chi connectivity index (χ1n) is 6.22. The molecule has 0 aromatic heterocycles.